The molecular formula is C17H19N5O. The lowest BCUT2D eigenvalue weighted by molar-refractivity contribution is 0.776. The Hall–Kier alpha value is -2.63. The fourth-order valence-electron chi connectivity index (χ4n) is 3.18. The number of rotatable bonds is 2. The summed E-state index contributed by atoms with van der Waals surface area (Å²) in [4.78, 5) is 19.5. The summed E-state index contributed by atoms with van der Waals surface area (Å²) < 4.78 is 3.39. The van der Waals surface area contributed by atoms with E-state index in [-0.39, 0.29) is 5.56 Å². The van der Waals surface area contributed by atoms with Gasteiger partial charge >= 0.3 is 0 Å². The van der Waals surface area contributed by atoms with Gasteiger partial charge in [0.15, 0.2) is 5.65 Å². The number of aromatic nitrogens is 4. The highest BCUT2D eigenvalue weighted by atomic mass is 16.1. The van der Waals surface area contributed by atoms with Gasteiger partial charge in [0.25, 0.3) is 5.56 Å². The maximum atomic E-state index is 12.7. The molecule has 0 spiro atoms. The summed E-state index contributed by atoms with van der Waals surface area (Å²) >= 11 is 0. The van der Waals surface area contributed by atoms with Gasteiger partial charge in [0.1, 0.15) is 5.39 Å². The van der Waals surface area contributed by atoms with Crippen LogP contribution in [0, 0.1) is 6.92 Å². The van der Waals surface area contributed by atoms with E-state index in [2.05, 4.69) is 15.0 Å². The molecule has 0 saturated carbocycles. The van der Waals surface area contributed by atoms with Gasteiger partial charge in [-0.25, -0.2) is 4.68 Å². The molecule has 0 amide bonds. The Labute approximate surface area is 134 Å². The van der Waals surface area contributed by atoms with Gasteiger partial charge in [0, 0.05) is 26.3 Å². The fraction of sp³-hybridized carbons (Fsp3) is 0.353. The number of aryl methyl sites for hydroxylation is 1. The average molecular weight is 309 g/mol. The highest BCUT2D eigenvalue weighted by Crippen LogP contribution is 2.20. The minimum Gasteiger partial charge on any atom is -0.342 e. The van der Waals surface area contributed by atoms with Crippen LogP contribution in [0.1, 0.15) is 18.4 Å². The second-order valence-corrected chi connectivity index (χ2v) is 6.07. The van der Waals surface area contributed by atoms with E-state index in [1.165, 1.54) is 0 Å². The van der Waals surface area contributed by atoms with E-state index < -0.39 is 0 Å². The Balaban J connectivity index is 1.90. The minimum absolute atomic E-state index is 0.0447. The van der Waals surface area contributed by atoms with Crippen molar-refractivity contribution in [3.63, 3.8) is 0 Å². The van der Waals surface area contributed by atoms with Crippen molar-refractivity contribution in [2.24, 2.45) is 7.05 Å². The second-order valence-electron chi connectivity index (χ2n) is 6.07. The predicted molar refractivity (Wildman–Crippen MR) is 90.3 cm³/mol. The smallest absolute Gasteiger partial charge is 0.265 e. The molecule has 0 aliphatic carbocycles. The molecule has 1 aliphatic heterocycles. The molecule has 2 aromatic heterocycles. The summed E-state index contributed by atoms with van der Waals surface area (Å²) in [6, 6.07) is 7.98. The number of nitrogens with zero attached hydrogens (tertiary/aromatic N) is 5. The molecule has 0 radical (unpaired) electrons. The van der Waals surface area contributed by atoms with E-state index in [0.29, 0.717) is 11.0 Å². The largest absolute Gasteiger partial charge is 0.342 e. The van der Waals surface area contributed by atoms with Crippen molar-refractivity contribution in [2.75, 3.05) is 18.0 Å². The lowest BCUT2D eigenvalue weighted by Gasteiger charge is -2.18. The van der Waals surface area contributed by atoms with Crippen molar-refractivity contribution >= 4 is 17.0 Å². The van der Waals surface area contributed by atoms with Gasteiger partial charge in [0.2, 0.25) is 5.95 Å². The molecule has 3 aromatic rings. The lowest BCUT2D eigenvalue weighted by atomic mass is 10.2. The first-order chi connectivity index (χ1) is 11.1. The Morgan fingerprint density at radius 2 is 1.87 bits per heavy atom. The van der Waals surface area contributed by atoms with Crippen molar-refractivity contribution in [1.29, 1.82) is 0 Å². The van der Waals surface area contributed by atoms with Crippen molar-refractivity contribution in [2.45, 2.75) is 19.8 Å². The molecule has 1 saturated heterocycles. The average Bonchev–Trinajstić information content (AvgIpc) is 3.20. The van der Waals surface area contributed by atoms with Crippen molar-refractivity contribution in [1.82, 2.24) is 19.3 Å². The Bertz CT molecular complexity index is 934. The maximum Gasteiger partial charge on any atom is 0.265 e. The molecule has 23 heavy (non-hydrogen) atoms. The quantitative estimate of drug-likeness (QED) is 0.727. The van der Waals surface area contributed by atoms with Crippen molar-refractivity contribution < 1.29 is 0 Å². The van der Waals surface area contributed by atoms with Crippen molar-refractivity contribution in [3.05, 3.63) is 46.4 Å². The topological polar surface area (TPSA) is 56.0 Å². The van der Waals surface area contributed by atoms with Crippen LogP contribution in [-0.4, -0.2) is 32.4 Å². The van der Waals surface area contributed by atoms with Gasteiger partial charge < -0.3 is 4.90 Å². The molecule has 1 aromatic carbocycles. The van der Waals surface area contributed by atoms with Crippen LogP contribution in [0.15, 0.2) is 35.3 Å². The van der Waals surface area contributed by atoms with Gasteiger partial charge in [-0.2, -0.15) is 4.98 Å². The van der Waals surface area contributed by atoms with Gasteiger partial charge in [-0.15, -0.1) is 5.10 Å². The number of hydrogen-bond acceptors (Lipinski definition) is 4. The highest BCUT2D eigenvalue weighted by Gasteiger charge is 2.20. The highest BCUT2D eigenvalue weighted by molar-refractivity contribution is 5.75. The molecule has 118 valence electrons. The van der Waals surface area contributed by atoms with Crippen LogP contribution in [0.3, 0.4) is 0 Å². The summed E-state index contributed by atoms with van der Waals surface area (Å²) in [7, 11) is 1.79. The summed E-state index contributed by atoms with van der Waals surface area (Å²) in [5, 5.41) is 5.10. The standard InChI is InChI=1S/C17H19N5O/c1-12-7-3-4-8-14(12)22-11-13-15(19-22)18-17(20(2)16(13)23)21-9-5-6-10-21/h3-4,7-8,11H,5-6,9-10H2,1-2H3. The normalized spacial score (nSPS) is 14.8. The molecule has 3 heterocycles. The van der Waals surface area contributed by atoms with Gasteiger partial charge in [-0.1, -0.05) is 18.2 Å². The Morgan fingerprint density at radius 1 is 1.13 bits per heavy atom. The third-order valence-corrected chi connectivity index (χ3v) is 4.49. The van der Waals surface area contributed by atoms with Crippen LogP contribution in [0.25, 0.3) is 16.7 Å². The first-order valence-corrected chi connectivity index (χ1v) is 7.92. The van der Waals surface area contributed by atoms with E-state index in [1.54, 1.807) is 22.5 Å². The minimum atomic E-state index is -0.0447. The molecule has 0 atom stereocenters. The number of fused-ring (bicyclic) bond motifs is 1. The second kappa shape index (κ2) is 5.22. The van der Waals surface area contributed by atoms with Gasteiger partial charge in [-0.05, 0) is 31.4 Å². The number of hydrogen-bond donors (Lipinski definition) is 0. The predicted octanol–water partition coefficient (Wildman–Crippen LogP) is 2.03. The Morgan fingerprint density at radius 3 is 2.61 bits per heavy atom. The molecule has 0 unspecified atom stereocenters. The van der Waals surface area contributed by atoms with E-state index in [9.17, 15) is 4.79 Å². The Kier molecular flexibility index (Phi) is 3.18. The first-order valence-electron chi connectivity index (χ1n) is 7.92. The monoisotopic (exact) mass is 309 g/mol. The van der Waals surface area contributed by atoms with Crippen LogP contribution in [-0.2, 0) is 7.05 Å². The third kappa shape index (κ3) is 2.21. The fourth-order valence-corrected chi connectivity index (χ4v) is 3.18. The first kappa shape index (κ1) is 14.0. The van der Waals surface area contributed by atoms with E-state index >= 15 is 0 Å². The third-order valence-electron chi connectivity index (χ3n) is 4.49. The molecule has 1 fully saturated rings. The van der Waals surface area contributed by atoms with Crippen LogP contribution < -0.4 is 10.5 Å². The van der Waals surface area contributed by atoms with Gasteiger partial charge in [0.05, 0.1) is 5.69 Å². The summed E-state index contributed by atoms with van der Waals surface area (Å²) in [6.45, 7) is 3.93. The van der Waals surface area contributed by atoms with Crippen LogP contribution in [0.4, 0.5) is 5.95 Å². The molecule has 0 N–H and O–H groups in total. The number of benzene rings is 1. The molecule has 0 bridgehead atoms. The zero-order valence-corrected chi connectivity index (χ0v) is 13.4. The molecule has 6 nitrogen and oxygen atoms in total. The molecular weight excluding hydrogens is 290 g/mol. The lowest BCUT2D eigenvalue weighted by Crippen LogP contribution is -2.29. The van der Waals surface area contributed by atoms with Crippen LogP contribution in [0.5, 0.6) is 0 Å². The molecule has 1 aliphatic rings. The molecule has 4 rings (SSSR count). The summed E-state index contributed by atoms with van der Waals surface area (Å²) in [5.74, 6) is 0.718. The number of anilines is 1. The van der Waals surface area contributed by atoms with E-state index in [1.807, 2.05) is 31.2 Å². The van der Waals surface area contributed by atoms with Crippen LogP contribution in [0.2, 0.25) is 0 Å². The van der Waals surface area contributed by atoms with E-state index in [4.69, 9.17) is 0 Å². The number of para-hydroxylation sites is 1. The zero-order chi connectivity index (χ0) is 16.0. The summed E-state index contributed by atoms with van der Waals surface area (Å²) in [6.07, 6.45) is 4.07. The van der Waals surface area contributed by atoms with E-state index in [0.717, 1.165) is 43.1 Å². The molecule has 6 heteroatoms. The van der Waals surface area contributed by atoms with Crippen LogP contribution >= 0.6 is 0 Å². The summed E-state index contributed by atoms with van der Waals surface area (Å²) in [5.41, 5.74) is 2.54. The van der Waals surface area contributed by atoms with Crippen molar-refractivity contribution in [3.8, 4) is 5.69 Å². The van der Waals surface area contributed by atoms with Gasteiger partial charge in [-0.3, -0.25) is 9.36 Å². The SMILES string of the molecule is Cc1ccccc1-n1cc2c(=O)n(C)c(N3CCCC3)nc2n1. The zero-order valence-electron chi connectivity index (χ0n) is 13.4. The maximum absolute atomic E-state index is 12.7.